The molecule has 3 rings (SSSR count). The molecule has 2 fully saturated rings. The lowest BCUT2D eigenvalue weighted by molar-refractivity contribution is -0.150. The molecule has 0 radical (unpaired) electrons. The lowest BCUT2D eigenvalue weighted by atomic mass is 9.78. The van der Waals surface area contributed by atoms with Gasteiger partial charge in [0, 0.05) is 0 Å². The van der Waals surface area contributed by atoms with Gasteiger partial charge in [0.2, 0.25) is 0 Å². The molecule has 0 N–H and O–H groups in total. The fourth-order valence-corrected chi connectivity index (χ4v) is 3.38. The minimum atomic E-state index is -0.623. The van der Waals surface area contributed by atoms with E-state index in [1.807, 2.05) is 0 Å². The van der Waals surface area contributed by atoms with Crippen LogP contribution in [0.2, 0.25) is 0 Å². The maximum atomic E-state index is 13.9. The van der Waals surface area contributed by atoms with Gasteiger partial charge in [-0.15, -0.1) is 0 Å². The van der Waals surface area contributed by atoms with Gasteiger partial charge >= 0.3 is 12.1 Å². The quantitative estimate of drug-likeness (QED) is 0.802. The normalized spacial score (nSPS) is 27.1. The summed E-state index contributed by atoms with van der Waals surface area (Å²) < 4.78 is 24.5. The van der Waals surface area contributed by atoms with Gasteiger partial charge in [0.25, 0.3) is 0 Å². The van der Waals surface area contributed by atoms with Crippen LogP contribution in [0.25, 0.3) is 0 Å². The molecule has 0 aromatic heterocycles. The molecule has 1 heterocycles. The molecule has 5 nitrogen and oxygen atoms in total. The summed E-state index contributed by atoms with van der Waals surface area (Å²) in [6.45, 7) is 2.48. The number of ether oxygens (including phenoxy) is 2. The Hall–Kier alpha value is -2.11. The van der Waals surface area contributed by atoms with E-state index in [-0.39, 0.29) is 17.6 Å². The molecule has 1 aromatic carbocycles. The fourth-order valence-electron chi connectivity index (χ4n) is 3.38. The maximum absolute atomic E-state index is 13.9. The molecule has 124 valence electrons. The second-order valence-corrected chi connectivity index (χ2v) is 6.11. The number of hydrogen-bond acceptors (Lipinski definition) is 4. The zero-order chi connectivity index (χ0) is 16.4. The van der Waals surface area contributed by atoms with Crippen molar-refractivity contribution in [2.75, 3.05) is 18.1 Å². The molecule has 2 aliphatic rings. The summed E-state index contributed by atoms with van der Waals surface area (Å²) in [7, 11) is 0. The van der Waals surface area contributed by atoms with E-state index in [2.05, 4.69) is 0 Å². The standard InChI is InChI=1S/C17H20FNO4/c1-2-22-15(20)12-7-9-17(10-8-12)11-19(16(21)23-17)14-6-4-3-5-13(14)18/h3-6,12H,2,7-11H2,1H3. The number of halogens is 1. The third-order valence-corrected chi connectivity index (χ3v) is 4.63. The summed E-state index contributed by atoms with van der Waals surface area (Å²) in [5.41, 5.74) is -0.385. The number of carbonyl (C=O) groups is 2. The molecule has 1 saturated heterocycles. The number of amides is 1. The first-order chi connectivity index (χ1) is 11.0. The summed E-state index contributed by atoms with van der Waals surface area (Å²) in [6, 6.07) is 6.17. The minimum absolute atomic E-state index is 0.137. The minimum Gasteiger partial charge on any atom is -0.466 e. The van der Waals surface area contributed by atoms with Gasteiger partial charge in [0.1, 0.15) is 11.4 Å². The van der Waals surface area contributed by atoms with Gasteiger partial charge in [-0.3, -0.25) is 9.69 Å². The van der Waals surface area contributed by atoms with Crippen LogP contribution >= 0.6 is 0 Å². The first kappa shape index (κ1) is 15.8. The zero-order valence-corrected chi connectivity index (χ0v) is 13.1. The first-order valence-electron chi connectivity index (χ1n) is 7.96. The molecule has 1 amide bonds. The monoisotopic (exact) mass is 321 g/mol. The van der Waals surface area contributed by atoms with E-state index in [0.717, 1.165) is 0 Å². The number of anilines is 1. The second-order valence-electron chi connectivity index (χ2n) is 6.11. The average Bonchev–Trinajstić information content (AvgIpc) is 2.85. The van der Waals surface area contributed by atoms with Gasteiger partial charge in [-0.25, -0.2) is 9.18 Å². The van der Waals surface area contributed by atoms with Crippen molar-refractivity contribution in [1.82, 2.24) is 0 Å². The number of rotatable bonds is 3. The third kappa shape index (κ3) is 3.02. The van der Waals surface area contributed by atoms with E-state index in [9.17, 15) is 14.0 Å². The van der Waals surface area contributed by atoms with Crippen LogP contribution in [-0.2, 0) is 14.3 Å². The van der Waals surface area contributed by atoms with Gasteiger partial charge < -0.3 is 9.47 Å². The van der Waals surface area contributed by atoms with Crippen molar-refractivity contribution in [2.45, 2.75) is 38.2 Å². The van der Waals surface area contributed by atoms with Crippen LogP contribution in [0, 0.1) is 11.7 Å². The van der Waals surface area contributed by atoms with Crippen molar-refractivity contribution in [2.24, 2.45) is 5.92 Å². The molecule has 1 aliphatic heterocycles. The summed E-state index contributed by atoms with van der Waals surface area (Å²) in [5.74, 6) is -0.763. The van der Waals surface area contributed by atoms with Crippen molar-refractivity contribution in [3.05, 3.63) is 30.1 Å². The van der Waals surface area contributed by atoms with Crippen LogP contribution < -0.4 is 4.90 Å². The largest absolute Gasteiger partial charge is 0.466 e. The number of benzene rings is 1. The molecule has 0 atom stereocenters. The molecule has 1 aromatic rings. The Bertz CT molecular complexity index is 610. The number of esters is 1. The number of nitrogens with zero attached hydrogens (tertiary/aromatic N) is 1. The summed E-state index contributed by atoms with van der Waals surface area (Å²) in [6.07, 6.45) is 1.90. The van der Waals surface area contributed by atoms with Crippen molar-refractivity contribution < 1.29 is 23.5 Å². The van der Waals surface area contributed by atoms with Gasteiger partial charge in [-0.1, -0.05) is 12.1 Å². The Morgan fingerprint density at radius 2 is 2.09 bits per heavy atom. The Labute approximate surface area is 134 Å². The smallest absolute Gasteiger partial charge is 0.415 e. The lowest BCUT2D eigenvalue weighted by Gasteiger charge is -2.34. The highest BCUT2D eigenvalue weighted by Gasteiger charge is 2.49. The van der Waals surface area contributed by atoms with E-state index in [1.165, 1.54) is 11.0 Å². The molecular formula is C17H20FNO4. The topological polar surface area (TPSA) is 55.8 Å². The van der Waals surface area contributed by atoms with E-state index >= 15 is 0 Å². The van der Waals surface area contributed by atoms with Crippen molar-refractivity contribution >= 4 is 17.7 Å². The van der Waals surface area contributed by atoms with Crippen molar-refractivity contribution in [3.63, 3.8) is 0 Å². The highest BCUT2D eigenvalue weighted by atomic mass is 19.1. The lowest BCUT2D eigenvalue weighted by Crippen LogP contribution is -2.40. The van der Waals surface area contributed by atoms with E-state index in [4.69, 9.17) is 9.47 Å². The summed E-state index contributed by atoms with van der Waals surface area (Å²) >= 11 is 0. The van der Waals surface area contributed by atoms with Crippen LogP contribution in [-0.4, -0.2) is 30.8 Å². The first-order valence-corrected chi connectivity index (χ1v) is 7.96. The third-order valence-electron chi connectivity index (χ3n) is 4.63. The Kier molecular flexibility index (Phi) is 4.24. The zero-order valence-electron chi connectivity index (χ0n) is 13.1. The Balaban J connectivity index is 1.69. The number of carbonyl (C=O) groups excluding carboxylic acids is 2. The summed E-state index contributed by atoms with van der Waals surface area (Å²) in [5, 5.41) is 0. The van der Waals surface area contributed by atoms with Crippen molar-refractivity contribution in [3.8, 4) is 0 Å². The summed E-state index contributed by atoms with van der Waals surface area (Å²) in [4.78, 5) is 25.3. The predicted octanol–water partition coefficient (Wildman–Crippen LogP) is 3.27. The molecule has 1 saturated carbocycles. The van der Waals surface area contributed by atoms with Gasteiger partial charge in [-0.05, 0) is 44.7 Å². The molecule has 1 spiro atoms. The Morgan fingerprint density at radius 1 is 1.39 bits per heavy atom. The van der Waals surface area contributed by atoms with Crippen molar-refractivity contribution in [1.29, 1.82) is 0 Å². The average molecular weight is 321 g/mol. The van der Waals surface area contributed by atoms with E-state index < -0.39 is 17.5 Å². The van der Waals surface area contributed by atoms with E-state index in [0.29, 0.717) is 38.8 Å². The molecule has 0 bridgehead atoms. The molecule has 23 heavy (non-hydrogen) atoms. The van der Waals surface area contributed by atoms with Gasteiger partial charge in [0.05, 0.1) is 24.8 Å². The van der Waals surface area contributed by atoms with Gasteiger partial charge in [-0.2, -0.15) is 0 Å². The molecule has 0 unspecified atom stereocenters. The van der Waals surface area contributed by atoms with Crippen LogP contribution in [0.5, 0.6) is 0 Å². The van der Waals surface area contributed by atoms with Gasteiger partial charge in [0.15, 0.2) is 0 Å². The fraction of sp³-hybridized carbons (Fsp3) is 0.529. The predicted molar refractivity (Wildman–Crippen MR) is 81.5 cm³/mol. The van der Waals surface area contributed by atoms with Crippen LogP contribution in [0.4, 0.5) is 14.9 Å². The highest BCUT2D eigenvalue weighted by molar-refractivity contribution is 5.90. The second kappa shape index (κ2) is 6.18. The van der Waals surface area contributed by atoms with Crippen LogP contribution in [0.1, 0.15) is 32.6 Å². The number of hydrogen-bond donors (Lipinski definition) is 0. The maximum Gasteiger partial charge on any atom is 0.415 e. The highest BCUT2D eigenvalue weighted by Crippen LogP contribution is 2.41. The van der Waals surface area contributed by atoms with Crippen LogP contribution in [0.3, 0.4) is 0 Å². The molecular weight excluding hydrogens is 301 g/mol. The molecule has 1 aliphatic carbocycles. The molecule has 6 heteroatoms. The van der Waals surface area contributed by atoms with E-state index in [1.54, 1.807) is 25.1 Å². The van der Waals surface area contributed by atoms with Crippen LogP contribution in [0.15, 0.2) is 24.3 Å². The number of para-hydroxylation sites is 1. The Morgan fingerprint density at radius 3 is 2.74 bits per heavy atom. The SMILES string of the molecule is CCOC(=O)C1CCC2(CC1)CN(c1ccccc1F)C(=O)O2.